The summed E-state index contributed by atoms with van der Waals surface area (Å²) in [6.07, 6.45) is 7.74. The van der Waals surface area contributed by atoms with Gasteiger partial charge in [0.1, 0.15) is 5.78 Å². The van der Waals surface area contributed by atoms with E-state index in [1.807, 2.05) is 0 Å². The number of ketones is 1. The molecule has 14 heavy (non-hydrogen) atoms. The zero-order valence-electron chi connectivity index (χ0n) is 9.20. The minimum Gasteiger partial charge on any atom is -0.298 e. The molecule has 2 aliphatic rings. The smallest absolute Gasteiger partial charge is 0.147 e. The molecule has 3 heteroatoms. The first-order valence-electron chi connectivity index (χ1n) is 5.64. The van der Waals surface area contributed by atoms with Crippen LogP contribution in [0.25, 0.3) is 0 Å². The van der Waals surface area contributed by atoms with E-state index in [9.17, 15) is 4.79 Å². The van der Waals surface area contributed by atoms with Crippen molar-refractivity contribution in [1.29, 1.82) is 0 Å². The van der Waals surface area contributed by atoms with Gasteiger partial charge in [-0.3, -0.25) is 4.79 Å². The average Bonchev–Trinajstić information content (AvgIpc) is 2.73. The molecule has 2 saturated heterocycles. The second kappa shape index (κ2) is 4.58. The van der Waals surface area contributed by atoms with Crippen molar-refractivity contribution >= 4 is 21.6 Å². The maximum atomic E-state index is 12.3. The molecule has 0 aliphatic carbocycles. The van der Waals surface area contributed by atoms with Crippen molar-refractivity contribution < 1.29 is 4.79 Å². The van der Waals surface area contributed by atoms with Gasteiger partial charge in [0, 0.05) is 11.3 Å². The number of Topliss-reactive ketones (excluding diaryl/α,β-unsaturated/α-hetero) is 1. The third-order valence-electron chi connectivity index (χ3n) is 3.70. The SMILES string of the molecule is C[P@]1CCC[C@@H]1C(=O)[C@H]1CCC[P@@]1C. The standard InChI is InChI=1S/C11H20OP2/c1-13-7-3-5-9(13)11(12)10-6-4-8-14(10)2/h9-10H,3-8H2,1-2H3/t9-,10-,13-,14-/m1/s1. The highest BCUT2D eigenvalue weighted by molar-refractivity contribution is 7.61. The lowest BCUT2D eigenvalue weighted by Crippen LogP contribution is -2.26. The number of carbonyl (C=O) groups is 1. The molecular weight excluding hydrogens is 210 g/mol. The van der Waals surface area contributed by atoms with Crippen molar-refractivity contribution in [3.05, 3.63) is 0 Å². The Morgan fingerprint density at radius 3 is 1.71 bits per heavy atom. The molecule has 0 aromatic carbocycles. The first-order valence-corrected chi connectivity index (χ1v) is 9.73. The Labute approximate surface area is 89.5 Å². The van der Waals surface area contributed by atoms with E-state index in [1.54, 1.807) is 0 Å². The molecule has 0 amide bonds. The lowest BCUT2D eigenvalue weighted by atomic mass is 10.1. The Bertz CT molecular complexity index is 207. The third-order valence-corrected chi connectivity index (χ3v) is 8.89. The molecule has 0 aromatic heterocycles. The second-order valence-corrected chi connectivity index (χ2v) is 9.85. The van der Waals surface area contributed by atoms with Gasteiger partial charge in [0.2, 0.25) is 0 Å². The molecule has 0 N–H and O–H groups in total. The van der Waals surface area contributed by atoms with Gasteiger partial charge in [-0.2, -0.15) is 0 Å². The molecule has 1 nitrogen and oxygen atoms in total. The van der Waals surface area contributed by atoms with Crippen LogP contribution in [0.1, 0.15) is 25.7 Å². The van der Waals surface area contributed by atoms with Crippen molar-refractivity contribution in [3.63, 3.8) is 0 Å². The van der Waals surface area contributed by atoms with Crippen LogP contribution in [-0.2, 0) is 4.79 Å². The maximum Gasteiger partial charge on any atom is 0.147 e. The van der Waals surface area contributed by atoms with E-state index >= 15 is 0 Å². The van der Waals surface area contributed by atoms with Crippen LogP contribution in [-0.4, -0.2) is 42.8 Å². The van der Waals surface area contributed by atoms with Crippen LogP contribution in [0.3, 0.4) is 0 Å². The van der Waals surface area contributed by atoms with Crippen molar-refractivity contribution in [2.24, 2.45) is 0 Å². The van der Waals surface area contributed by atoms with E-state index in [4.69, 9.17) is 0 Å². The highest BCUT2D eigenvalue weighted by Crippen LogP contribution is 2.53. The topological polar surface area (TPSA) is 17.1 Å². The number of rotatable bonds is 2. The van der Waals surface area contributed by atoms with Crippen LogP contribution in [0.2, 0.25) is 0 Å². The quantitative estimate of drug-likeness (QED) is 0.666. The molecule has 0 saturated carbocycles. The minimum atomic E-state index is 0.0578. The summed E-state index contributed by atoms with van der Waals surface area (Å²) in [4.78, 5) is 12.3. The highest BCUT2D eigenvalue weighted by atomic mass is 31.1. The Balaban J connectivity index is 2.00. The molecule has 2 heterocycles. The summed E-state index contributed by atoms with van der Waals surface area (Å²) in [5, 5.41) is 0. The molecule has 0 aromatic rings. The van der Waals surface area contributed by atoms with Gasteiger partial charge < -0.3 is 0 Å². The van der Waals surface area contributed by atoms with Crippen molar-refractivity contribution in [2.75, 3.05) is 25.7 Å². The number of hydrogen-bond acceptors (Lipinski definition) is 1. The summed E-state index contributed by atoms with van der Waals surface area (Å²) in [5.41, 5.74) is 0.996. The normalized spacial score (nSPS) is 43.0. The fourth-order valence-electron chi connectivity index (χ4n) is 2.76. The monoisotopic (exact) mass is 230 g/mol. The summed E-state index contributed by atoms with van der Waals surface area (Å²) in [5.74, 6) is 0.669. The van der Waals surface area contributed by atoms with Gasteiger partial charge in [0.05, 0.1) is 0 Å². The molecule has 2 rings (SSSR count). The van der Waals surface area contributed by atoms with Crippen molar-refractivity contribution in [3.8, 4) is 0 Å². The molecule has 2 fully saturated rings. The predicted octanol–water partition coefficient (Wildman–Crippen LogP) is 3.10. The molecule has 0 radical (unpaired) electrons. The largest absolute Gasteiger partial charge is 0.298 e. The lowest BCUT2D eigenvalue weighted by molar-refractivity contribution is -0.118. The first kappa shape index (κ1) is 11.0. The zero-order chi connectivity index (χ0) is 10.1. The second-order valence-electron chi connectivity index (χ2n) is 4.68. The Morgan fingerprint density at radius 1 is 1.00 bits per heavy atom. The van der Waals surface area contributed by atoms with Gasteiger partial charge in [0.25, 0.3) is 0 Å². The van der Waals surface area contributed by atoms with Gasteiger partial charge in [-0.25, -0.2) is 0 Å². The number of hydrogen-bond donors (Lipinski definition) is 0. The lowest BCUT2D eigenvalue weighted by Gasteiger charge is -2.21. The predicted molar refractivity (Wildman–Crippen MR) is 66.5 cm³/mol. The fourth-order valence-corrected chi connectivity index (χ4v) is 7.34. The van der Waals surface area contributed by atoms with Crippen LogP contribution in [0.5, 0.6) is 0 Å². The Morgan fingerprint density at radius 2 is 1.43 bits per heavy atom. The summed E-state index contributed by atoms with van der Waals surface area (Å²) in [6.45, 7) is 4.66. The number of carbonyl (C=O) groups excluding carboxylic acids is 1. The van der Waals surface area contributed by atoms with E-state index in [0.717, 1.165) is 0 Å². The van der Waals surface area contributed by atoms with E-state index in [2.05, 4.69) is 13.3 Å². The molecule has 2 aliphatic heterocycles. The fraction of sp³-hybridized carbons (Fsp3) is 0.909. The van der Waals surface area contributed by atoms with Gasteiger partial charge in [0.15, 0.2) is 0 Å². The molecular formula is C11H20OP2. The van der Waals surface area contributed by atoms with E-state index in [1.165, 1.54) is 38.0 Å². The van der Waals surface area contributed by atoms with Gasteiger partial charge in [-0.15, -0.1) is 0 Å². The van der Waals surface area contributed by atoms with E-state index < -0.39 is 0 Å². The van der Waals surface area contributed by atoms with Crippen molar-refractivity contribution in [2.45, 2.75) is 37.0 Å². The molecule has 0 spiro atoms. The Kier molecular flexibility index (Phi) is 3.61. The van der Waals surface area contributed by atoms with Gasteiger partial charge in [-0.1, -0.05) is 15.8 Å². The summed E-state index contributed by atoms with van der Waals surface area (Å²) >= 11 is 0. The van der Waals surface area contributed by atoms with Crippen LogP contribution >= 0.6 is 15.8 Å². The molecule has 4 atom stereocenters. The van der Waals surface area contributed by atoms with E-state index in [-0.39, 0.29) is 15.8 Å². The average molecular weight is 230 g/mol. The van der Waals surface area contributed by atoms with Crippen LogP contribution in [0.15, 0.2) is 0 Å². The maximum absolute atomic E-state index is 12.3. The summed E-state index contributed by atoms with van der Waals surface area (Å²) in [7, 11) is 0.116. The summed E-state index contributed by atoms with van der Waals surface area (Å²) in [6, 6.07) is 0. The van der Waals surface area contributed by atoms with Crippen LogP contribution < -0.4 is 0 Å². The van der Waals surface area contributed by atoms with Gasteiger partial charge >= 0.3 is 0 Å². The zero-order valence-corrected chi connectivity index (χ0v) is 11.0. The van der Waals surface area contributed by atoms with Gasteiger partial charge in [-0.05, 0) is 51.3 Å². The first-order chi connectivity index (χ1) is 6.70. The van der Waals surface area contributed by atoms with Crippen molar-refractivity contribution in [1.82, 2.24) is 0 Å². The molecule has 0 bridgehead atoms. The highest BCUT2D eigenvalue weighted by Gasteiger charge is 2.37. The van der Waals surface area contributed by atoms with Crippen LogP contribution in [0, 0.1) is 0 Å². The third kappa shape index (κ3) is 2.05. The Hall–Kier alpha value is 0.530. The molecule has 80 valence electrons. The minimum absolute atomic E-state index is 0.0578. The van der Waals surface area contributed by atoms with E-state index in [0.29, 0.717) is 17.1 Å². The molecule has 0 unspecified atom stereocenters. The van der Waals surface area contributed by atoms with Crippen LogP contribution in [0.4, 0.5) is 0 Å². The summed E-state index contributed by atoms with van der Waals surface area (Å²) < 4.78 is 0.